The summed E-state index contributed by atoms with van der Waals surface area (Å²) in [6.45, 7) is 2.32. The highest BCUT2D eigenvalue weighted by molar-refractivity contribution is 5.13. The minimum Gasteiger partial charge on any atom is -0.325 e. The van der Waals surface area contributed by atoms with Crippen molar-refractivity contribution >= 4 is 0 Å². The second kappa shape index (κ2) is 6.36. The van der Waals surface area contributed by atoms with Crippen molar-refractivity contribution in [2.45, 2.75) is 109 Å². The molecule has 0 heterocycles. The predicted octanol–water partition coefficient (Wildman–Crippen LogP) is 6.06. The van der Waals surface area contributed by atoms with Gasteiger partial charge in [0.1, 0.15) is 0 Å². The minimum atomic E-state index is 0.205. The van der Waals surface area contributed by atoms with E-state index >= 15 is 0 Å². The molecule has 5 aliphatic rings. The van der Waals surface area contributed by atoms with Gasteiger partial charge in [0.15, 0.2) is 0 Å². The van der Waals surface area contributed by atoms with Crippen LogP contribution < -0.4 is 5.73 Å². The maximum absolute atomic E-state index is 7.28. The van der Waals surface area contributed by atoms with Crippen LogP contribution in [0.4, 0.5) is 0 Å². The first-order chi connectivity index (χ1) is 11.1. The zero-order valence-electron chi connectivity index (χ0n) is 15.5. The van der Waals surface area contributed by atoms with Gasteiger partial charge in [0, 0.05) is 5.54 Å². The van der Waals surface area contributed by atoms with Crippen molar-refractivity contribution in [3.05, 3.63) is 0 Å². The Hall–Kier alpha value is -0.0400. The number of nitrogens with two attached hydrogens (primary N) is 1. The van der Waals surface area contributed by atoms with E-state index in [1.807, 2.05) is 0 Å². The molecule has 1 nitrogen and oxygen atoms in total. The number of unbranched alkanes of at least 4 members (excludes halogenated alkanes) is 3. The zero-order chi connectivity index (χ0) is 15.9. The molecule has 0 spiro atoms. The number of rotatable bonds is 6. The van der Waals surface area contributed by atoms with E-state index in [2.05, 4.69) is 6.92 Å². The van der Waals surface area contributed by atoms with E-state index in [9.17, 15) is 0 Å². The summed E-state index contributed by atoms with van der Waals surface area (Å²) < 4.78 is 0. The lowest BCUT2D eigenvalue weighted by molar-refractivity contribution is -0.112. The molecule has 132 valence electrons. The van der Waals surface area contributed by atoms with Crippen LogP contribution in [-0.4, -0.2) is 5.54 Å². The molecule has 2 unspecified atom stereocenters. The molecule has 5 saturated carbocycles. The van der Waals surface area contributed by atoms with Gasteiger partial charge in [-0.25, -0.2) is 0 Å². The maximum atomic E-state index is 7.28. The second-order valence-electron chi connectivity index (χ2n) is 10.2. The van der Waals surface area contributed by atoms with Crippen LogP contribution in [-0.2, 0) is 0 Å². The van der Waals surface area contributed by atoms with Gasteiger partial charge in [-0.3, -0.25) is 0 Å². The van der Waals surface area contributed by atoms with Crippen LogP contribution >= 0.6 is 0 Å². The molecule has 4 bridgehead atoms. The first kappa shape index (κ1) is 16.4. The monoisotopic (exact) mass is 317 g/mol. The van der Waals surface area contributed by atoms with Crippen molar-refractivity contribution < 1.29 is 0 Å². The Morgan fingerprint density at radius 3 is 2.13 bits per heavy atom. The van der Waals surface area contributed by atoms with Gasteiger partial charge in [0.2, 0.25) is 0 Å². The molecule has 0 aliphatic heterocycles. The third-order valence-electron chi connectivity index (χ3n) is 8.45. The minimum absolute atomic E-state index is 0.205. The summed E-state index contributed by atoms with van der Waals surface area (Å²) in [5, 5.41) is 0. The van der Waals surface area contributed by atoms with Gasteiger partial charge in [-0.1, -0.05) is 51.9 Å². The highest BCUT2D eigenvalue weighted by Gasteiger charge is 2.59. The average Bonchev–Trinajstić information content (AvgIpc) is 2.50. The van der Waals surface area contributed by atoms with Gasteiger partial charge in [-0.05, 0) is 80.5 Å². The third kappa shape index (κ3) is 3.00. The van der Waals surface area contributed by atoms with E-state index in [0.717, 1.165) is 23.7 Å². The van der Waals surface area contributed by atoms with Gasteiger partial charge in [0.25, 0.3) is 0 Å². The molecule has 0 saturated heterocycles. The second-order valence-corrected chi connectivity index (χ2v) is 10.2. The molecule has 2 N–H and O–H groups in total. The van der Waals surface area contributed by atoms with Crippen LogP contribution in [0.2, 0.25) is 0 Å². The van der Waals surface area contributed by atoms with Crippen molar-refractivity contribution in [1.82, 2.24) is 0 Å². The molecule has 0 aromatic heterocycles. The fraction of sp³-hybridized carbons (Fsp3) is 1.00. The molecule has 5 aliphatic carbocycles. The molecule has 0 amide bonds. The Morgan fingerprint density at radius 2 is 1.52 bits per heavy atom. The summed E-state index contributed by atoms with van der Waals surface area (Å²) in [7, 11) is 0. The Labute approximate surface area is 144 Å². The molecule has 5 rings (SSSR count). The summed E-state index contributed by atoms with van der Waals surface area (Å²) in [6, 6.07) is 0. The summed E-state index contributed by atoms with van der Waals surface area (Å²) in [4.78, 5) is 0. The van der Waals surface area contributed by atoms with Gasteiger partial charge in [-0.15, -0.1) is 0 Å². The van der Waals surface area contributed by atoms with Crippen LogP contribution in [0.25, 0.3) is 0 Å². The smallest absolute Gasteiger partial charge is 0.0214 e. The molecular weight excluding hydrogens is 278 g/mol. The van der Waals surface area contributed by atoms with Crippen LogP contribution in [0.1, 0.15) is 103 Å². The Morgan fingerprint density at radius 1 is 0.870 bits per heavy atom. The predicted molar refractivity (Wildman–Crippen MR) is 98.2 cm³/mol. The average molecular weight is 318 g/mol. The van der Waals surface area contributed by atoms with Crippen molar-refractivity contribution in [3.8, 4) is 0 Å². The number of hydrogen-bond acceptors (Lipinski definition) is 1. The molecule has 5 fully saturated rings. The highest BCUT2D eigenvalue weighted by Crippen LogP contribution is 2.65. The van der Waals surface area contributed by atoms with E-state index in [-0.39, 0.29) is 5.54 Å². The molecule has 0 radical (unpaired) electrons. The maximum Gasteiger partial charge on any atom is 0.0214 e. The van der Waals surface area contributed by atoms with E-state index < -0.39 is 0 Å². The Kier molecular flexibility index (Phi) is 4.54. The van der Waals surface area contributed by atoms with E-state index in [1.54, 1.807) is 19.3 Å². The van der Waals surface area contributed by atoms with Crippen LogP contribution in [0.15, 0.2) is 0 Å². The molecule has 23 heavy (non-hydrogen) atoms. The molecule has 2 atom stereocenters. The first-order valence-electron chi connectivity index (χ1n) is 10.9. The van der Waals surface area contributed by atoms with Crippen LogP contribution in [0.5, 0.6) is 0 Å². The Bertz CT molecular complexity index is 379. The summed E-state index contributed by atoms with van der Waals surface area (Å²) >= 11 is 0. The van der Waals surface area contributed by atoms with Gasteiger partial charge in [0.05, 0.1) is 0 Å². The van der Waals surface area contributed by atoms with Crippen LogP contribution in [0, 0.1) is 29.1 Å². The lowest BCUT2D eigenvalue weighted by Crippen LogP contribution is -2.64. The SMILES string of the molecule is CCCCCCC1CCCC(N)(C23CC4CC(CC(C4)C2)C3)C1. The fourth-order valence-corrected chi connectivity index (χ4v) is 7.73. The molecule has 1 heteroatoms. The summed E-state index contributed by atoms with van der Waals surface area (Å²) in [5.41, 5.74) is 8.04. The van der Waals surface area contributed by atoms with E-state index in [0.29, 0.717) is 5.41 Å². The zero-order valence-corrected chi connectivity index (χ0v) is 15.5. The lowest BCUT2D eigenvalue weighted by Gasteiger charge is -2.64. The van der Waals surface area contributed by atoms with Crippen LogP contribution in [0.3, 0.4) is 0 Å². The van der Waals surface area contributed by atoms with Crippen molar-refractivity contribution in [2.24, 2.45) is 34.8 Å². The van der Waals surface area contributed by atoms with Gasteiger partial charge in [-0.2, -0.15) is 0 Å². The lowest BCUT2D eigenvalue weighted by atomic mass is 9.42. The molecular formula is C22H39N. The normalized spacial score (nSPS) is 48.8. The fourth-order valence-electron chi connectivity index (χ4n) is 7.73. The first-order valence-corrected chi connectivity index (χ1v) is 10.9. The van der Waals surface area contributed by atoms with Gasteiger partial charge >= 0.3 is 0 Å². The van der Waals surface area contributed by atoms with Crippen molar-refractivity contribution in [3.63, 3.8) is 0 Å². The van der Waals surface area contributed by atoms with E-state index in [4.69, 9.17) is 5.73 Å². The van der Waals surface area contributed by atoms with Gasteiger partial charge < -0.3 is 5.73 Å². The largest absolute Gasteiger partial charge is 0.325 e. The third-order valence-corrected chi connectivity index (χ3v) is 8.45. The highest BCUT2D eigenvalue weighted by atomic mass is 14.8. The quantitative estimate of drug-likeness (QED) is 0.592. The standard InChI is InChI=1S/C22H39N/c1-2-3-4-5-7-17-8-6-9-22(23,16-17)21-13-18-10-19(14-21)12-20(11-18)15-21/h17-20H,2-16,23H2,1H3. The summed E-state index contributed by atoms with van der Waals surface area (Å²) in [5.74, 6) is 4.09. The molecule has 0 aromatic carbocycles. The topological polar surface area (TPSA) is 26.0 Å². The summed E-state index contributed by atoms with van der Waals surface area (Å²) in [6.07, 6.45) is 21.9. The Balaban J connectivity index is 1.42. The van der Waals surface area contributed by atoms with Crippen molar-refractivity contribution in [2.75, 3.05) is 0 Å². The number of hydrogen-bond donors (Lipinski definition) is 1. The van der Waals surface area contributed by atoms with E-state index in [1.165, 1.54) is 77.0 Å². The van der Waals surface area contributed by atoms with Crippen molar-refractivity contribution in [1.29, 1.82) is 0 Å². The molecule has 0 aromatic rings.